The summed E-state index contributed by atoms with van der Waals surface area (Å²) < 4.78 is 19.3. The maximum absolute atomic E-state index is 13.9. The van der Waals surface area contributed by atoms with Crippen LogP contribution in [0.2, 0.25) is 5.02 Å². The number of nitrogens with one attached hydrogen (secondary N) is 1. The highest BCUT2D eigenvalue weighted by Gasteiger charge is 2.26. The SMILES string of the molecule is CCNCC1COCCN1c1ncc(Cl)cc1F. The second-order valence-corrected chi connectivity index (χ2v) is 4.63. The van der Waals surface area contributed by atoms with E-state index in [1.807, 2.05) is 11.8 Å². The summed E-state index contributed by atoms with van der Waals surface area (Å²) in [6, 6.07) is 1.39. The lowest BCUT2D eigenvalue weighted by atomic mass is 10.2. The number of pyridine rings is 1. The van der Waals surface area contributed by atoms with Gasteiger partial charge in [0.2, 0.25) is 0 Å². The van der Waals surface area contributed by atoms with Gasteiger partial charge in [-0.1, -0.05) is 18.5 Å². The van der Waals surface area contributed by atoms with Gasteiger partial charge in [0.15, 0.2) is 11.6 Å². The van der Waals surface area contributed by atoms with Gasteiger partial charge in [0.1, 0.15) is 0 Å². The van der Waals surface area contributed by atoms with Crippen LogP contribution in [0.15, 0.2) is 12.3 Å². The molecule has 100 valence electrons. The summed E-state index contributed by atoms with van der Waals surface area (Å²) in [5.41, 5.74) is 0. The summed E-state index contributed by atoms with van der Waals surface area (Å²) in [4.78, 5) is 6.04. The molecule has 1 aliphatic rings. The zero-order chi connectivity index (χ0) is 13.0. The molecular formula is C12H17ClFN3O. The smallest absolute Gasteiger partial charge is 0.167 e. The Hall–Kier alpha value is -0.910. The van der Waals surface area contributed by atoms with Gasteiger partial charge in [0, 0.05) is 19.3 Å². The molecule has 1 atom stereocenters. The molecule has 0 saturated carbocycles. The number of morpholine rings is 1. The Morgan fingerprint density at radius 2 is 2.50 bits per heavy atom. The minimum atomic E-state index is -0.383. The molecule has 6 heteroatoms. The highest BCUT2D eigenvalue weighted by Crippen LogP contribution is 2.22. The zero-order valence-electron chi connectivity index (χ0n) is 10.3. The van der Waals surface area contributed by atoms with Crippen molar-refractivity contribution in [1.82, 2.24) is 10.3 Å². The lowest BCUT2D eigenvalue weighted by molar-refractivity contribution is 0.0931. The van der Waals surface area contributed by atoms with Gasteiger partial charge in [-0.25, -0.2) is 9.37 Å². The first-order valence-corrected chi connectivity index (χ1v) is 6.46. The number of hydrogen-bond acceptors (Lipinski definition) is 4. The largest absolute Gasteiger partial charge is 0.377 e. The van der Waals surface area contributed by atoms with Crippen molar-refractivity contribution >= 4 is 17.4 Å². The van der Waals surface area contributed by atoms with Crippen molar-refractivity contribution in [3.63, 3.8) is 0 Å². The third-order valence-corrected chi connectivity index (χ3v) is 3.12. The Bertz CT molecular complexity index is 405. The van der Waals surface area contributed by atoms with E-state index >= 15 is 0 Å². The lowest BCUT2D eigenvalue weighted by Crippen LogP contribution is -2.51. The molecule has 1 unspecified atom stereocenters. The fraction of sp³-hybridized carbons (Fsp3) is 0.583. The Morgan fingerprint density at radius 1 is 1.67 bits per heavy atom. The normalized spacial score (nSPS) is 20.2. The summed E-state index contributed by atoms with van der Waals surface area (Å²) in [5, 5.41) is 3.56. The molecule has 0 aromatic carbocycles. The van der Waals surface area contributed by atoms with E-state index < -0.39 is 0 Å². The summed E-state index contributed by atoms with van der Waals surface area (Å²) in [5.74, 6) is -0.0310. The maximum atomic E-state index is 13.9. The van der Waals surface area contributed by atoms with E-state index in [-0.39, 0.29) is 11.9 Å². The fourth-order valence-corrected chi connectivity index (χ4v) is 2.18. The molecule has 4 nitrogen and oxygen atoms in total. The Labute approximate surface area is 111 Å². The molecule has 0 bridgehead atoms. The van der Waals surface area contributed by atoms with Crippen molar-refractivity contribution in [2.75, 3.05) is 37.7 Å². The highest BCUT2D eigenvalue weighted by atomic mass is 35.5. The van der Waals surface area contributed by atoms with E-state index in [1.165, 1.54) is 12.3 Å². The van der Waals surface area contributed by atoms with Crippen LogP contribution in [0.4, 0.5) is 10.2 Å². The predicted molar refractivity (Wildman–Crippen MR) is 69.7 cm³/mol. The Balaban J connectivity index is 2.16. The molecule has 2 heterocycles. The molecule has 1 fully saturated rings. The molecule has 1 aliphatic heterocycles. The first-order valence-electron chi connectivity index (χ1n) is 6.08. The summed E-state index contributed by atoms with van der Waals surface area (Å²) >= 11 is 5.72. The lowest BCUT2D eigenvalue weighted by Gasteiger charge is -2.36. The van der Waals surface area contributed by atoms with Crippen LogP contribution in [-0.4, -0.2) is 43.9 Å². The van der Waals surface area contributed by atoms with Crippen LogP contribution >= 0.6 is 11.6 Å². The number of anilines is 1. The summed E-state index contributed by atoms with van der Waals surface area (Å²) in [6.45, 7) is 5.47. The number of ether oxygens (including phenoxy) is 1. The molecule has 0 aliphatic carbocycles. The van der Waals surface area contributed by atoms with Crippen molar-refractivity contribution in [3.8, 4) is 0 Å². The molecule has 1 N–H and O–H groups in total. The van der Waals surface area contributed by atoms with Crippen LogP contribution in [0, 0.1) is 5.82 Å². The Kier molecular flexibility index (Phi) is 4.74. The van der Waals surface area contributed by atoms with E-state index in [4.69, 9.17) is 16.3 Å². The van der Waals surface area contributed by atoms with E-state index in [0.717, 1.165) is 13.1 Å². The van der Waals surface area contributed by atoms with Crippen molar-refractivity contribution in [2.45, 2.75) is 13.0 Å². The van der Waals surface area contributed by atoms with Crippen LogP contribution in [0.1, 0.15) is 6.92 Å². The van der Waals surface area contributed by atoms with Crippen LogP contribution in [0.5, 0.6) is 0 Å². The molecule has 1 aromatic rings. The maximum Gasteiger partial charge on any atom is 0.167 e. The van der Waals surface area contributed by atoms with E-state index in [0.29, 0.717) is 30.6 Å². The summed E-state index contributed by atoms with van der Waals surface area (Å²) in [7, 11) is 0. The second-order valence-electron chi connectivity index (χ2n) is 4.19. The zero-order valence-corrected chi connectivity index (χ0v) is 11.1. The number of halogens is 2. The van der Waals surface area contributed by atoms with Gasteiger partial charge >= 0.3 is 0 Å². The standard InChI is InChI=1S/C12H17ClFN3O/c1-2-15-7-10-8-18-4-3-17(10)12-11(14)5-9(13)6-16-12/h5-6,10,15H,2-4,7-8H2,1H3. The van der Waals surface area contributed by atoms with Crippen molar-refractivity contribution in [2.24, 2.45) is 0 Å². The number of rotatable bonds is 4. The minimum Gasteiger partial charge on any atom is -0.377 e. The molecule has 0 radical (unpaired) electrons. The van der Waals surface area contributed by atoms with E-state index in [1.54, 1.807) is 0 Å². The van der Waals surface area contributed by atoms with E-state index in [2.05, 4.69) is 10.3 Å². The summed E-state index contributed by atoms with van der Waals surface area (Å²) in [6.07, 6.45) is 1.47. The molecular weight excluding hydrogens is 257 g/mol. The van der Waals surface area contributed by atoms with Crippen molar-refractivity contribution < 1.29 is 9.13 Å². The van der Waals surface area contributed by atoms with Crippen LogP contribution in [-0.2, 0) is 4.74 Å². The van der Waals surface area contributed by atoms with Crippen LogP contribution in [0.3, 0.4) is 0 Å². The molecule has 18 heavy (non-hydrogen) atoms. The van der Waals surface area contributed by atoms with Gasteiger partial charge in [-0.2, -0.15) is 0 Å². The molecule has 2 rings (SSSR count). The van der Waals surface area contributed by atoms with Crippen molar-refractivity contribution in [1.29, 1.82) is 0 Å². The highest BCUT2D eigenvalue weighted by molar-refractivity contribution is 6.30. The first-order chi connectivity index (χ1) is 8.72. The molecule has 1 saturated heterocycles. The number of likely N-dealkylation sites (N-methyl/N-ethyl adjacent to an activating group) is 1. The minimum absolute atomic E-state index is 0.0990. The number of hydrogen-bond donors (Lipinski definition) is 1. The van der Waals surface area contributed by atoms with Crippen LogP contribution < -0.4 is 10.2 Å². The quantitative estimate of drug-likeness (QED) is 0.906. The van der Waals surface area contributed by atoms with Gasteiger partial charge in [-0.05, 0) is 12.6 Å². The molecule has 0 amide bonds. The second kappa shape index (κ2) is 6.31. The first kappa shape index (κ1) is 13.5. The Morgan fingerprint density at radius 3 is 3.22 bits per heavy atom. The number of aromatic nitrogens is 1. The third kappa shape index (κ3) is 3.10. The average Bonchev–Trinajstić information content (AvgIpc) is 2.37. The van der Waals surface area contributed by atoms with Crippen LogP contribution in [0.25, 0.3) is 0 Å². The van der Waals surface area contributed by atoms with Gasteiger partial charge in [-0.3, -0.25) is 0 Å². The molecule has 0 spiro atoms. The number of nitrogens with zero attached hydrogens (tertiary/aromatic N) is 2. The topological polar surface area (TPSA) is 37.4 Å². The third-order valence-electron chi connectivity index (χ3n) is 2.92. The van der Waals surface area contributed by atoms with Gasteiger partial charge in [0.25, 0.3) is 0 Å². The molecule has 1 aromatic heterocycles. The van der Waals surface area contributed by atoms with Gasteiger partial charge < -0.3 is 15.0 Å². The van der Waals surface area contributed by atoms with Gasteiger partial charge in [-0.15, -0.1) is 0 Å². The fourth-order valence-electron chi connectivity index (χ4n) is 2.03. The van der Waals surface area contributed by atoms with Gasteiger partial charge in [0.05, 0.1) is 24.3 Å². The van der Waals surface area contributed by atoms with E-state index in [9.17, 15) is 4.39 Å². The monoisotopic (exact) mass is 273 g/mol. The van der Waals surface area contributed by atoms with Crippen molar-refractivity contribution in [3.05, 3.63) is 23.1 Å². The predicted octanol–water partition coefficient (Wildman–Crippen LogP) is 1.69. The average molecular weight is 274 g/mol.